The smallest absolute Gasteiger partial charge is 0.227 e. The zero-order chi connectivity index (χ0) is 22.9. The van der Waals surface area contributed by atoms with Crippen molar-refractivity contribution in [1.29, 1.82) is 0 Å². The van der Waals surface area contributed by atoms with Gasteiger partial charge in [0.25, 0.3) is 0 Å². The minimum absolute atomic E-state index is 0.249. The van der Waals surface area contributed by atoms with Crippen LogP contribution >= 0.6 is 11.3 Å². The van der Waals surface area contributed by atoms with Crippen LogP contribution in [-0.4, -0.2) is 49.0 Å². The molecule has 3 aromatic rings. The molecular weight excluding hydrogens is 422 g/mol. The average molecular weight is 452 g/mol. The number of carbonyl (C=O) groups excluding carboxylic acids is 2. The van der Waals surface area contributed by atoms with Gasteiger partial charge in [-0.3, -0.25) is 4.79 Å². The summed E-state index contributed by atoms with van der Waals surface area (Å²) in [7, 11) is 6.54. The molecule has 4 rings (SSSR count). The topological polar surface area (TPSA) is 82.1 Å². The normalized spacial score (nSPS) is 15.0. The molecule has 1 aliphatic rings. The number of rotatable bonds is 8. The van der Waals surface area contributed by atoms with Crippen molar-refractivity contribution >= 4 is 33.4 Å². The molecule has 1 N–H and O–H groups in total. The van der Waals surface area contributed by atoms with Gasteiger partial charge in [-0.15, -0.1) is 11.3 Å². The number of aromatic nitrogens is 1. The maximum absolute atomic E-state index is 13.2. The predicted octanol–water partition coefficient (Wildman–Crippen LogP) is 2.09. The Morgan fingerprint density at radius 2 is 1.81 bits per heavy atom. The second-order valence-electron chi connectivity index (χ2n) is 9.81. The van der Waals surface area contributed by atoms with Crippen LogP contribution in [0.1, 0.15) is 28.1 Å². The first-order valence-electron chi connectivity index (χ1n) is 10.9. The van der Waals surface area contributed by atoms with Crippen molar-refractivity contribution in [3.63, 3.8) is 0 Å². The van der Waals surface area contributed by atoms with Gasteiger partial charge in [0.1, 0.15) is 5.01 Å². The summed E-state index contributed by atoms with van der Waals surface area (Å²) in [5, 5.41) is 15.2. The van der Waals surface area contributed by atoms with Gasteiger partial charge in [0, 0.05) is 18.8 Å². The third-order valence-corrected chi connectivity index (χ3v) is 7.14. The zero-order valence-corrected chi connectivity index (χ0v) is 19.6. The summed E-state index contributed by atoms with van der Waals surface area (Å²) in [6, 6.07) is 14.1. The minimum atomic E-state index is -1.20. The molecular formula is C25H29N3O3S. The molecule has 0 radical (unpaired) electrons. The number of nitrogens with one attached hydrogen (secondary N) is 1. The van der Waals surface area contributed by atoms with Gasteiger partial charge in [0.05, 0.1) is 49.9 Å². The number of carboxylic acid groups (broad SMARTS) is 1. The number of hydrogen-bond donors (Lipinski definition) is 1. The van der Waals surface area contributed by atoms with Gasteiger partial charge in [0.15, 0.2) is 0 Å². The van der Waals surface area contributed by atoms with Crippen molar-refractivity contribution in [2.45, 2.75) is 32.2 Å². The van der Waals surface area contributed by atoms with Gasteiger partial charge in [-0.1, -0.05) is 30.3 Å². The molecule has 1 aliphatic carbocycles. The largest absolute Gasteiger partial charge is 0.550 e. The van der Waals surface area contributed by atoms with Gasteiger partial charge in [-0.05, 0) is 41.7 Å². The molecule has 0 aliphatic heterocycles. The van der Waals surface area contributed by atoms with Gasteiger partial charge < -0.3 is 19.7 Å². The number of carbonyl (C=O) groups is 2. The van der Waals surface area contributed by atoms with E-state index in [1.165, 1.54) is 5.56 Å². The molecule has 0 spiro atoms. The van der Waals surface area contributed by atoms with E-state index in [-0.39, 0.29) is 18.9 Å². The maximum atomic E-state index is 13.2. The number of nitrogens with zero attached hydrogens (tertiary/aromatic N) is 2. The van der Waals surface area contributed by atoms with E-state index >= 15 is 0 Å². The molecule has 1 aromatic heterocycles. The van der Waals surface area contributed by atoms with Crippen molar-refractivity contribution in [2.24, 2.45) is 5.41 Å². The lowest BCUT2D eigenvalue weighted by molar-refractivity contribution is -0.870. The highest BCUT2D eigenvalue weighted by Gasteiger charge is 2.43. The first-order valence-corrected chi connectivity index (χ1v) is 11.7. The Balaban J connectivity index is 1.46. The van der Waals surface area contributed by atoms with E-state index in [1.807, 2.05) is 24.3 Å². The molecule has 1 heterocycles. The summed E-state index contributed by atoms with van der Waals surface area (Å²) in [6.45, 7) is 1.33. The quantitative estimate of drug-likeness (QED) is 0.532. The van der Waals surface area contributed by atoms with Crippen LogP contribution in [0.15, 0.2) is 42.5 Å². The highest BCUT2D eigenvalue weighted by molar-refractivity contribution is 7.18. The molecule has 6 nitrogen and oxygen atoms in total. The van der Waals surface area contributed by atoms with Crippen LogP contribution in [0.2, 0.25) is 0 Å². The van der Waals surface area contributed by atoms with Gasteiger partial charge >= 0.3 is 0 Å². The van der Waals surface area contributed by atoms with Crippen molar-refractivity contribution in [1.82, 2.24) is 10.3 Å². The molecule has 2 aromatic carbocycles. The molecule has 0 bridgehead atoms. The lowest BCUT2D eigenvalue weighted by Crippen LogP contribution is -2.45. The zero-order valence-electron chi connectivity index (χ0n) is 18.8. The Hall–Kier alpha value is -2.77. The van der Waals surface area contributed by atoms with E-state index < -0.39 is 11.4 Å². The predicted molar refractivity (Wildman–Crippen MR) is 124 cm³/mol. The van der Waals surface area contributed by atoms with E-state index in [9.17, 15) is 14.7 Å². The highest BCUT2D eigenvalue weighted by Crippen LogP contribution is 2.40. The Morgan fingerprint density at radius 1 is 1.12 bits per heavy atom. The van der Waals surface area contributed by atoms with Gasteiger partial charge in [-0.2, -0.15) is 0 Å². The lowest BCUT2D eigenvalue weighted by Gasteiger charge is -2.28. The number of likely N-dealkylation sites (N-methyl/N-ethyl adjacent to an activating group) is 1. The van der Waals surface area contributed by atoms with Crippen LogP contribution in [0.4, 0.5) is 0 Å². The Bertz CT molecular complexity index is 1140. The first kappa shape index (κ1) is 22.4. The van der Waals surface area contributed by atoms with E-state index in [4.69, 9.17) is 4.98 Å². The summed E-state index contributed by atoms with van der Waals surface area (Å²) in [5.74, 6) is -1.45. The van der Waals surface area contributed by atoms with Crippen LogP contribution in [0.3, 0.4) is 0 Å². The second-order valence-corrected chi connectivity index (χ2v) is 10.9. The molecule has 0 saturated heterocycles. The number of benzene rings is 2. The number of quaternary nitrogens is 1. The third-order valence-electron chi connectivity index (χ3n) is 6.11. The number of hydrogen-bond acceptors (Lipinski definition) is 5. The van der Waals surface area contributed by atoms with Gasteiger partial charge in [-0.25, -0.2) is 4.98 Å². The molecule has 7 heteroatoms. The fourth-order valence-corrected chi connectivity index (χ4v) is 5.28. The van der Waals surface area contributed by atoms with Crippen LogP contribution < -0.4 is 10.4 Å². The van der Waals surface area contributed by atoms with Crippen LogP contribution in [0.5, 0.6) is 0 Å². The van der Waals surface area contributed by atoms with Crippen molar-refractivity contribution in [2.75, 3.05) is 27.7 Å². The Morgan fingerprint density at radius 3 is 2.44 bits per heavy atom. The van der Waals surface area contributed by atoms with Gasteiger partial charge in [0.2, 0.25) is 5.91 Å². The average Bonchev–Trinajstić information content (AvgIpc) is 3.30. The number of fused-ring (bicyclic) bond motifs is 2. The third kappa shape index (κ3) is 5.00. The summed E-state index contributed by atoms with van der Waals surface area (Å²) in [5.41, 5.74) is 3.26. The van der Waals surface area contributed by atoms with Crippen molar-refractivity contribution in [3.05, 3.63) is 64.2 Å². The number of carboxylic acids is 1. The molecule has 0 unspecified atom stereocenters. The van der Waals surface area contributed by atoms with E-state index in [2.05, 4.69) is 44.7 Å². The number of amides is 1. The van der Waals surface area contributed by atoms with Crippen molar-refractivity contribution in [3.8, 4) is 0 Å². The van der Waals surface area contributed by atoms with E-state index in [0.717, 1.165) is 43.8 Å². The first-order chi connectivity index (χ1) is 15.1. The van der Waals surface area contributed by atoms with Crippen molar-refractivity contribution < 1.29 is 19.2 Å². The molecule has 32 heavy (non-hydrogen) atoms. The standard InChI is InChI=1S/C25H29N3O3S/c1-28(2,3)11-10-17-8-9-21-20(12-17)27-22(32-21)16-26-24(31)25(15-23(29)30)13-18-6-4-5-7-19(18)14-25/h4-9,12H,10-11,13-16H2,1-3H3,(H-,26,29,30,31). The number of thiazole rings is 1. The fraction of sp³-hybridized carbons (Fsp3) is 0.400. The monoisotopic (exact) mass is 451 g/mol. The Kier molecular flexibility index (Phi) is 6.05. The summed E-state index contributed by atoms with van der Waals surface area (Å²) in [4.78, 5) is 29.3. The number of aliphatic carboxylic acids is 1. The van der Waals surface area contributed by atoms with Crippen LogP contribution in [-0.2, 0) is 35.4 Å². The lowest BCUT2D eigenvalue weighted by atomic mass is 9.80. The highest BCUT2D eigenvalue weighted by atomic mass is 32.1. The van der Waals surface area contributed by atoms with Crippen LogP contribution in [0, 0.1) is 5.41 Å². The summed E-state index contributed by atoms with van der Waals surface area (Å²) < 4.78 is 1.99. The summed E-state index contributed by atoms with van der Waals surface area (Å²) in [6.07, 6.45) is 1.52. The minimum Gasteiger partial charge on any atom is -0.550 e. The maximum Gasteiger partial charge on any atom is 0.227 e. The van der Waals surface area contributed by atoms with Crippen LogP contribution in [0.25, 0.3) is 10.2 Å². The molecule has 0 fully saturated rings. The summed E-state index contributed by atoms with van der Waals surface area (Å²) >= 11 is 1.56. The Labute approximate surface area is 192 Å². The molecule has 0 atom stereocenters. The van der Waals surface area contributed by atoms with E-state index in [1.54, 1.807) is 11.3 Å². The molecule has 0 saturated carbocycles. The fourth-order valence-electron chi connectivity index (χ4n) is 4.40. The van der Waals surface area contributed by atoms with E-state index in [0.29, 0.717) is 12.8 Å². The molecule has 1 amide bonds. The molecule has 168 valence electrons. The SMILES string of the molecule is C[N+](C)(C)CCc1ccc2sc(CNC(=O)C3(CC(=O)[O-])Cc4ccccc4C3)nc2c1. The second kappa shape index (κ2) is 8.64.